The van der Waals surface area contributed by atoms with E-state index >= 15 is 0 Å². The lowest BCUT2D eigenvalue weighted by molar-refractivity contribution is 1.55. The quantitative estimate of drug-likeness (QED) is 0.571. The molecule has 0 saturated carbocycles. The minimum Gasteiger partial charge on any atom is -0.0837 e. The van der Waals surface area contributed by atoms with E-state index < -0.39 is 0 Å². The minimum atomic E-state index is 0.778. The van der Waals surface area contributed by atoms with Crippen molar-refractivity contribution in [3.63, 3.8) is 0 Å². The molecule has 0 saturated heterocycles. The van der Waals surface area contributed by atoms with Gasteiger partial charge in [-0.05, 0) is 52.4 Å². The lowest BCUT2D eigenvalue weighted by Gasteiger charge is -2.07. The smallest absolute Gasteiger partial charge is 0.0484 e. The summed E-state index contributed by atoms with van der Waals surface area (Å²) >= 11 is 12.0. The van der Waals surface area contributed by atoms with Gasteiger partial charge in [-0.1, -0.05) is 45.7 Å². The van der Waals surface area contributed by atoms with E-state index in [0.717, 1.165) is 20.6 Å². The molecule has 0 bridgehead atoms. The molecule has 3 heteroatoms. The highest BCUT2D eigenvalue weighted by molar-refractivity contribution is 14.1. The van der Waals surface area contributed by atoms with Crippen LogP contribution < -0.4 is 0 Å². The van der Waals surface area contributed by atoms with Crippen molar-refractivity contribution in [1.82, 2.24) is 0 Å². The van der Waals surface area contributed by atoms with Crippen LogP contribution in [-0.4, -0.2) is 0 Å². The number of benzene rings is 2. The van der Waals surface area contributed by atoms with Crippen LogP contribution in [0, 0.1) is 3.57 Å². The van der Waals surface area contributed by atoms with Crippen LogP contribution in [0.3, 0.4) is 0 Å². The summed E-state index contributed by atoms with van der Waals surface area (Å²) in [5.74, 6) is 0. The Labute approximate surface area is 116 Å². The Hall–Kier alpha value is -0.0600. The van der Waals surface area contributed by atoms with Crippen LogP contribution in [0.4, 0.5) is 0 Å². The van der Waals surface area contributed by atoms with Crippen LogP contribution in [0.25, 0.3) is 11.1 Å². The highest BCUT2D eigenvalue weighted by atomic mass is 127. The van der Waals surface area contributed by atoms with Crippen molar-refractivity contribution in [2.75, 3.05) is 0 Å². The lowest BCUT2D eigenvalue weighted by Crippen LogP contribution is -1.82. The maximum atomic E-state index is 6.16. The molecule has 0 spiro atoms. The van der Waals surface area contributed by atoms with Gasteiger partial charge in [-0.25, -0.2) is 0 Å². The topological polar surface area (TPSA) is 0 Å². The molecule has 0 nitrogen and oxygen atoms in total. The van der Waals surface area contributed by atoms with Gasteiger partial charge in [-0.15, -0.1) is 0 Å². The van der Waals surface area contributed by atoms with Crippen molar-refractivity contribution in [2.24, 2.45) is 0 Å². The van der Waals surface area contributed by atoms with Gasteiger partial charge in [0.2, 0.25) is 0 Å². The third-order valence-electron chi connectivity index (χ3n) is 2.09. The van der Waals surface area contributed by atoms with Crippen molar-refractivity contribution in [2.45, 2.75) is 0 Å². The second-order valence-electron chi connectivity index (χ2n) is 3.10. The van der Waals surface area contributed by atoms with Gasteiger partial charge in [0.15, 0.2) is 0 Å². The summed E-state index contributed by atoms with van der Waals surface area (Å²) in [6, 6.07) is 14.1. The summed E-state index contributed by atoms with van der Waals surface area (Å²) in [6.45, 7) is 0. The third kappa shape index (κ3) is 2.55. The molecule has 0 amide bonds. The molecule has 76 valence electrons. The predicted octanol–water partition coefficient (Wildman–Crippen LogP) is 5.37. The van der Waals surface area contributed by atoms with E-state index in [0.29, 0.717) is 0 Å². The van der Waals surface area contributed by atoms with Crippen LogP contribution in [0.15, 0.2) is 46.9 Å². The highest BCUT2D eigenvalue weighted by Crippen LogP contribution is 2.34. The monoisotopic (exact) mass is 392 g/mol. The molecule has 0 N–H and O–H groups in total. The average molecular weight is 393 g/mol. The molecule has 0 unspecified atom stereocenters. The van der Waals surface area contributed by atoms with Crippen LogP contribution in [-0.2, 0) is 0 Å². The van der Waals surface area contributed by atoms with Crippen LogP contribution in [0.2, 0.25) is 5.02 Å². The fourth-order valence-corrected chi connectivity index (χ4v) is 2.57. The van der Waals surface area contributed by atoms with E-state index in [-0.39, 0.29) is 0 Å². The Morgan fingerprint density at radius 3 is 2.47 bits per heavy atom. The molecule has 0 aromatic heterocycles. The van der Waals surface area contributed by atoms with Gasteiger partial charge < -0.3 is 0 Å². The molecule has 0 aliphatic heterocycles. The minimum absolute atomic E-state index is 0.778. The molecule has 0 aliphatic carbocycles. The summed E-state index contributed by atoms with van der Waals surface area (Å²) in [6.07, 6.45) is 0. The van der Waals surface area contributed by atoms with Gasteiger partial charge in [0.25, 0.3) is 0 Å². The largest absolute Gasteiger partial charge is 0.0837 e. The van der Waals surface area contributed by atoms with Crippen molar-refractivity contribution in [3.05, 3.63) is 55.5 Å². The molecule has 0 heterocycles. The van der Waals surface area contributed by atoms with Gasteiger partial charge in [0, 0.05) is 18.6 Å². The van der Waals surface area contributed by atoms with Gasteiger partial charge >= 0.3 is 0 Å². The fourth-order valence-electron chi connectivity index (χ4n) is 1.38. The zero-order valence-corrected chi connectivity index (χ0v) is 12.2. The first-order valence-corrected chi connectivity index (χ1v) is 6.63. The maximum absolute atomic E-state index is 6.16. The molecule has 0 fully saturated rings. The standard InChI is InChI=1S/C12H7BrClI/c13-11-6-5-8(15)7-10(11)9-3-1-2-4-12(9)14/h1-7H. The van der Waals surface area contributed by atoms with Crippen LogP contribution in [0.1, 0.15) is 0 Å². The second kappa shape index (κ2) is 4.85. The lowest BCUT2D eigenvalue weighted by atomic mass is 10.1. The molecular weight excluding hydrogens is 386 g/mol. The Morgan fingerprint density at radius 2 is 1.73 bits per heavy atom. The number of halogens is 3. The molecule has 0 aliphatic rings. The molecular formula is C12H7BrClI. The van der Waals surface area contributed by atoms with Gasteiger partial charge in [-0.3, -0.25) is 0 Å². The number of rotatable bonds is 1. The molecule has 0 radical (unpaired) electrons. The van der Waals surface area contributed by atoms with Crippen LogP contribution in [0.5, 0.6) is 0 Å². The van der Waals surface area contributed by atoms with Gasteiger partial charge in [0.1, 0.15) is 0 Å². The summed E-state index contributed by atoms with van der Waals surface area (Å²) in [5.41, 5.74) is 2.19. The molecule has 2 aromatic carbocycles. The molecule has 2 rings (SSSR count). The Morgan fingerprint density at radius 1 is 1.00 bits per heavy atom. The van der Waals surface area contributed by atoms with Crippen LogP contribution >= 0.6 is 50.1 Å². The Balaban J connectivity index is 2.64. The van der Waals surface area contributed by atoms with Crippen molar-refractivity contribution >= 4 is 50.1 Å². The van der Waals surface area contributed by atoms with E-state index in [1.165, 1.54) is 3.57 Å². The summed E-state index contributed by atoms with van der Waals surface area (Å²) in [7, 11) is 0. The normalized spacial score (nSPS) is 10.3. The number of hydrogen-bond donors (Lipinski definition) is 0. The van der Waals surface area contributed by atoms with Crippen molar-refractivity contribution in [1.29, 1.82) is 0 Å². The van der Waals surface area contributed by atoms with Gasteiger partial charge in [-0.2, -0.15) is 0 Å². The van der Waals surface area contributed by atoms with E-state index in [9.17, 15) is 0 Å². The predicted molar refractivity (Wildman–Crippen MR) is 77.3 cm³/mol. The first-order valence-electron chi connectivity index (χ1n) is 4.38. The zero-order valence-electron chi connectivity index (χ0n) is 7.68. The van der Waals surface area contributed by atoms with Crippen molar-refractivity contribution in [3.8, 4) is 11.1 Å². The second-order valence-corrected chi connectivity index (χ2v) is 5.61. The summed E-state index contributed by atoms with van der Waals surface area (Å²) in [4.78, 5) is 0. The summed E-state index contributed by atoms with van der Waals surface area (Å²) in [5, 5.41) is 0.778. The fraction of sp³-hybridized carbons (Fsp3) is 0. The molecule has 2 aromatic rings. The first kappa shape index (κ1) is 11.4. The molecule has 15 heavy (non-hydrogen) atoms. The van der Waals surface area contributed by atoms with E-state index in [1.807, 2.05) is 30.3 Å². The molecule has 0 atom stereocenters. The van der Waals surface area contributed by atoms with E-state index in [4.69, 9.17) is 11.6 Å². The Bertz CT molecular complexity index is 497. The first-order chi connectivity index (χ1) is 7.18. The van der Waals surface area contributed by atoms with Gasteiger partial charge in [0.05, 0.1) is 0 Å². The SMILES string of the molecule is Clc1ccccc1-c1cc(I)ccc1Br. The Kier molecular flexibility index (Phi) is 3.69. The number of hydrogen-bond acceptors (Lipinski definition) is 0. The maximum Gasteiger partial charge on any atom is 0.0484 e. The highest BCUT2D eigenvalue weighted by Gasteiger charge is 2.06. The zero-order chi connectivity index (χ0) is 10.8. The third-order valence-corrected chi connectivity index (χ3v) is 3.78. The van der Waals surface area contributed by atoms with Crippen molar-refractivity contribution < 1.29 is 0 Å². The van der Waals surface area contributed by atoms with E-state index in [1.54, 1.807) is 0 Å². The van der Waals surface area contributed by atoms with E-state index in [2.05, 4.69) is 50.7 Å². The average Bonchev–Trinajstić information content (AvgIpc) is 2.23. The summed E-state index contributed by atoms with van der Waals surface area (Å²) < 4.78 is 2.27.